The number of aromatic nitrogens is 4. The summed E-state index contributed by atoms with van der Waals surface area (Å²) in [5.74, 6) is 1.11. The standard InChI is InChI=1S/C19H25N5OS/c1-14(18(25)23-12-4-2-3-5-13-23)26-19-22-21-17(24(19)16-6-7-16)15-8-10-20-11-9-15/h8-11,14,16H,2-7,12-13H2,1H3/t14-/m0/s1. The van der Waals surface area contributed by atoms with E-state index in [2.05, 4.69) is 19.7 Å². The highest BCUT2D eigenvalue weighted by Gasteiger charge is 2.32. The highest BCUT2D eigenvalue weighted by molar-refractivity contribution is 8.00. The van der Waals surface area contributed by atoms with Crippen LogP contribution in [0.5, 0.6) is 0 Å². The number of hydrogen-bond donors (Lipinski definition) is 0. The van der Waals surface area contributed by atoms with Gasteiger partial charge in [0.1, 0.15) is 0 Å². The van der Waals surface area contributed by atoms with Crippen molar-refractivity contribution in [3.63, 3.8) is 0 Å². The molecule has 2 fully saturated rings. The van der Waals surface area contributed by atoms with Crippen molar-refractivity contribution in [3.8, 4) is 11.4 Å². The van der Waals surface area contributed by atoms with Crippen LogP contribution < -0.4 is 0 Å². The van der Waals surface area contributed by atoms with Crippen LogP contribution in [0.1, 0.15) is 51.5 Å². The van der Waals surface area contributed by atoms with Gasteiger partial charge in [-0.25, -0.2) is 0 Å². The molecule has 7 heteroatoms. The van der Waals surface area contributed by atoms with Crippen LogP contribution in [0.15, 0.2) is 29.7 Å². The topological polar surface area (TPSA) is 63.9 Å². The Morgan fingerprint density at radius 2 is 1.81 bits per heavy atom. The minimum Gasteiger partial charge on any atom is -0.342 e. The van der Waals surface area contributed by atoms with E-state index in [1.165, 1.54) is 12.8 Å². The van der Waals surface area contributed by atoms with Gasteiger partial charge < -0.3 is 4.90 Å². The number of carbonyl (C=O) groups excluding carboxylic acids is 1. The van der Waals surface area contributed by atoms with Gasteiger partial charge in [0.25, 0.3) is 0 Å². The predicted molar refractivity (Wildman–Crippen MR) is 102 cm³/mol. The average molecular weight is 372 g/mol. The van der Waals surface area contributed by atoms with E-state index in [1.807, 2.05) is 24.0 Å². The van der Waals surface area contributed by atoms with E-state index in [0.717, 1.165) is 55.3 Å². The second kappa shape index (κ2) is 7.78. The van der Waals surface area contributed by atoms with Crippen LogP contribution in [-0.4, -0.2) is 48.9 Å². The number of likely N-dealkylation sites (tertiary alicyclic amines) is 1. The van der Waals surface area contributed by atoms with Gasteiger partial charge in [-0.1, -0.05) is 24.6 Å². The van der Waals surface area contributed by atoms with E-state index < -0.39 is 0 Å². The van der Waals surface area contributed by atoms with Crippen molar-refractivity contribution < 1.29 is 4.79 Å². The zero-order valence-electron chi connectivity index (χ0n) is 15.2. The number of carbonyl (C=O) groups is 1. The average Bonchev–Trinajstić information content (AvgIpc) is 3.47. The van der Waals surface area contributed by atoms with Crippen LogP contribution in [0.25, 0.3) is 11.4 Å². The van der Waals surface area contributed by atoms with Crippen LogP contribution in [0.4, 0.5) is 0 Å². The minimum atomic E-state index is -0.139. The SMILES string of the molecule is C[C@H](Sc1nnc(-c2ccncc2)n1C1CC1)C(=O)N1CCCCCC1. The fourth-order valence-electron chi connectivity index (χ4n) is 3.47. The molecule has 6 nitrogen and oxygen atoms in total. The molecule has 1 saturated carbocycles. The minimum absolute atomic E-state index is 0.139. The van der Waals surface area contributed by atoms with E-state index in [9.17, 15) is 4.79 Å². The van der Waals surface area contributed by atoms with Crippen molar-refractivity contribution in [3.05, 3.63) is 24.5 Å². The molecule has 3 heterocycles. The second-order valence-corrected chi connectivity index (χ2v) is 8.45. The van der Waals surface area contributed by atoms with E-state index in [0.29, 0.717) is 6.04 Å². The molecule has 1 aliphatic heterocycles. The Balaban J connectivity index is 1.52. The maximum Gasteiger partial charge on any atom is 0.235 e. The lowest BCUT2D eigenvalue weighted by atomic mass is 10.2. The van der Waals surface area contributed by atoms with E-state index in [-0.39, 0.29) is 11.2 Å². The molecule has 1 aliphatic carbocycles. The van der Waals surface area contributed by atoms with Crippen molar-refractivity contribution in [1.82, 2.24) is 24.6 Å². The summed E-state index contributed by atoms with van der Waals surface area (Å²) >= 11 is 1.55. The lowest BCUT2D eigenvalue weighted by molar-refractivity contribution is -0.130. The van der Waals surface area contributed by atoms with Gasteiger partial charge in [0, 0.05) is 37.1 Å². The summed E-state index contributed by atoms with van der Waals surface area (Å²) in [6.45, 7) is 3.78. The van der Waals surface area contributed by atoms with Crippen LogP contribution in [0.3, 0.4) is 0 Å². The fourth-order valence-corrected chi connectivity index (χ4v) is 4.48. The summed E-state index contributed by atoms with van der Waals surface area (Å²) < 4.78 is 2.21. The number of nitrogens with zero attached hydrogens (tertiary/aromatic N) is 5. The molecule has 26 heavy (non-hydrogen) atoms. The lowest BCUT2D eigenvalue weighted by Crippen LogP contribution is -2.37. The smallest absolute Gasteiger partial charge is 0.235 e. The molecule has 2 aliphatic rings. The Bertz CT molecular complexity index is 751. The van der Waals surface area contributed by atoms with Crippen molar-refractivity contribution in [2.75, 3.05) is 13.1 Å². The number of pyridine rings is 1. The van der Waals surface area contributed by atoms with E-state index in [1.54, 1.807) is 24.2 Å². The van der Waals surface area contributed by atoms with Crippen LogP contribution in [0.2, 0.25) is 0 Å². The van der Waals surface area contributed by atoms with Gasteiger partial charge in [-0.3, -0.25) is 14.3 Å². The number of thioether (sulfide) groups is 1. The third-order valence-corrected chi connectivity index (χ3v) is 6.11. The largest absolute Gasteiger partial charge is 0.342 e. The van der Waals surface area contributed by atoms with Gasteiger partial charge in [0.05, 0.1) is 5.25 Å². The molecule has 2 aromatic rings. The molecule has 4 rings (SSSR count). The molecule has 2 aromatic heterocycles. The monoisotopic (exact) mass is 371 g/mol. The number of hydrogen-bond acceptors (Lipinski definition) is 5. The Labute approximate surface area is 158 Å². The Morgan fingerprint density at radius 3 is 2.46 bits per heavy atom. The molecule has 0 radical (unpaired) electrons. The number of amides is 1. The van der Waals surface area contributed by atoms with E-state index >= 15 is 0 Å². The first-order chi connectivity index (χ1) is 12.7. The van der Waals surface area contributed by atoms with Gasteiger partial charge in [0.15, 0.2) is 11.0 Å². The van der Waals surface area contributed by atoms with Crippen molar-refractivity contribution in [2.24, 2.45) is 0 Å². The first kappa shape index (κ1) is 17.5. The molecule has 0 unspecified atom stereocenters. The first-order valence-corrected chi connectivity index (χ1v) is 10.4. The van der Waals surface area contributed by atoms with Gasteiger partial charge >= 0.3 is 0 Å². The summed E-state index contributed by atoms with van der Waals surface area (Å²) in [6, 6.07) is 4.38. The lowest BCUT2D eigenvalue weighted by Gasteiger charge is -2.23. The van der Waals surface area contributed by atoms with Crippen LogP contribution in [-0.2, 0) is 4.79 Å². The quantitative estimate of drug-likeness (QED) is 0.752. The number of rotatable bonds is 5. The molecule has 1 atom stereocenters. The normalized spacial score (nSPS) is 19.2. The zero-order chi connectivity index (χ0) is 17.9. The van der Waals surface area contributed by atoms with Crippen molar-refractivity contribution >= 4 is 17.7 Å². The third-order valence-electron chi connectivity index (χ3n) is 5.06. The Kier molecular flexibility index (Phi) is 5.24. The van der Waals surface area contributed by atoms with Crippen molar-refractivity contribution in [1.29, 1.82) is 0 Å². The summed E-state index contributed by atoms with van der Waals surface area (Å²) in [5.41, 5.74) is 1.03. The molecule has 0 aromatic carbocycles. The fraction of sp³-hybridized carbons (Fsp3) is 0.579. The molecular formula is C19H25N5OS. The van der Waals surface area contributed by atoms with Crippen molar-refractivity contribution in [2.45, 2.75) is 61.9 Å². The maximum atomic E-state index is 12.9. The summed E-state index contributed by atoms with van der Waals surface area (Å²) in [4.78, 5) is 19.0. The summed E-state index contributed by atoms with van der Waals surface area (Å²) in [5, 5.41) is 9.57. The Morgan fingerprint density at radius 1 is 1.12 bits per heavy atom. The van der Waals surface area contributed by atoms with Gasteiger partial charge in [-0.2, -0.15) is 0 Å². The van der Waals surface area contributed by atoms with Gasteiger partial charge in [0.2, 0.25) is 5.91 Å². The summed E-state index contributed by atoms with van der Waals surface area (Å²) in [7, 11) is 0. The predicted octanol–water partition coefficient (Wildman–Crippen LogP) is 3.56. The third kappa shape index (κ3) is 3.77. The van der Waals surface area contributed by atoms with Gasteiger partial charge in [-0.15, -0.1) is 10.2 Å². The van der Waals surface area contributed by atoms with E-state index in [4.69, 9.17) is 0 Å². The molecular weight excluding hydrogens is 346 g/mol. The highest BCUT2D eigenvalue weighted by atomic mass is 32.2. The van der Waals surface area contributed by atoms with Crippen LogP contribution >= 0.6 is 11.8 Å². The molecule has 0 bridgehead atoms. The highest BCUT2D eigenvalue weighted by Crippen LogP contribution is 2.41. The van der Waals surface area contributed by atoms with Gasteiger partial charge in [-0.05, 0) is 44.7 Å². The molecule has 138 valence electrons. The molecule has 0 spiro atoms. The second-order valence-electron chi connectivity index (χ2n) is 7.14. The molecule has 1 amide bonds. The Hall–Kier alpha value is -1.89. The molecule has 1 saturated heterocycles. The zero-order valence-corrected chi connectivity index (χ0v) is 16.0. The van der Waals surface area contributed by atoms with Crippen LogP contribution in [0, 0.1) is 0 Å². The molecule has 0 N–H and O–H groups in total. The maximum absolute atomic E-state index is 12.9. The first-order valence-electron chi connectivity index (χ1n) is 9.55. The summed E-state index contributed by atoms with van der Waals surface area (Å²) in [6.07, 6.45) is 10.6.